The molecule has 1 radical (unpaired) electrons. The second kappa shape index (κ2) is 8.66. The number of anilines is 1. The predicted octanol–water partition coefficient (Wildman–Crippen LogP) is 2.12. The van der Waals surface area contributed by atoms with Gasteiger partial charge < -0.3 is 18.0 Å². The van der Waals surface area contributed by atoms with Crippen molar-refractivity contribution in [1.29, 1.82) is 0 Å². The maximum atomic E-state index is 12.2. The van der Waals surface area contributed by atoms with Gasteiger partial charge in [0, 0.05) is 44.8 Å². The molecular weight excluding hydrogens is 387 g/mol. The molecule has 0 saturated carbocycles. The normalized spacial score (nSPS) is 9.71. The molecule has 0 atom stereocenters. The number of amides is 2. The molecule has 2 aromatic rings. The van der Waals surface area contributed by atoms with Crippen LogP contribution >= 0.6 is 0 Å². The largest absolute Gasteiger partial charge is 0.366 e. The maximum Gasteiger partial charge on any atom is 0.270 e. The number of nitrogens with one attached hydrogen (secondary N) is 1. The Balaban J connectivity index is 0.00000288. The van der Waals surface area contributed by atoms with Crippen LogP contribution in [0.1, 0.15) is 26.3 Å². The molecule has 0 aliphatic heterocycles. The van der Waals surface area contributed by atoms with Crippen molar-refractivity contribution < 1.29 is 47.2 Å². The van der Waals surface area contributed by atoms with E-state index in [1.54, 1.807) is 18.2 Å². The monoisotopic (exact) mass is 400 g/mol. The van der Waals surface area contributed by atoms with Gasteiger partial charge in [-0.05, 0) is 6.07 Å². The van der Waals surface area contributed by atoms with Gasteiger partial charge in [-0.3, -0.25) is 19.7 Å². The molecule has 0 bridgehead atoms. The van der Waals surface area contributed by atoms with E-state index in [4.69, 9.17) is 5.73 Å². The Bertz CT molecular complexity index is 793. The van der Waals surface area contributed by atoms with E-state index < -0.39 is 16.7 Å². The fourth-order valence-corrected chi connectivity index (χ4v) is 1.95. The summed E-state index contributed by atoms with van der Waals surface area (Å²) < 4.78 is 0. The molecule has 0 saturated heterocycles. The van der Waals surface area contributed by atoms with Crippen molar-refractivity contribution in [3.63, 3.8) is 0 Å². The van der Waals surface area contributed by atoms with Gasteiger partial charge in [0.2, 0.25) is 5.91 Å². The predicted molar refractivity (Wildman–Crippen MR) is 83.9 cm³/mol. The van der Waals surface area contributed by atoms with Gasteiger partial charge in [0.25, 0.3) is 11.6 Å². The van der Waals surface area contributed by atoms with Crippen molar-refractivity contribution in [1.82, 2.24) is 0 Å². The molecule has 0 aliphatic carbocycles. The number of non-ortho nitro benzene ring substituents is 1. The van der Waals surface area contributed by atoms with Crippen molar-refractivity contribution in [2.45, 2.75) is 6.42 Å². The molecule has 0 unspecified atom stereocenters. The Morgan fingerprint density at radius 2 is 2.00 bits per heavy atom. The summed E-state index contributed by atoms with van der Waals surface area (Å²) >= 11 is 0. The van der Waals surface area contributed by atoms with Crippen molar-refractivity contribution >= 4 is 23.2 Å². The Kier molecular flexibility index (Phi) is 7.19. The summed E-state index contributed by atoms with van der Waals surface area (Å²) in [6.07, 6.45) is 0.477. The quantitative estimate of drug-likeness (QED) is 0.454. The number of hydrogen-bond acceptors (Lipinski definition) is 4. The molecule has 8 heteroatoms. The number of rotatable bonds is 5. The van der Waals surface area contributed by atoms with E-state index in [9.17, 15) is 19.7 Å². The van der Waals surface area contributed by atoms with Crippen LogP contribution in [0.2, 0.25) is 0 Å². The molecule has 2 rings (SSSR count). The molecule has 0 spiro atoms. The van der Waals surface area contributed by atoms with Crippen LogP contribution in [-0.2, 0) is 39.1 Å². The van der Waals surface area contributed by atoms with Gasteiger partial charge in [-0.25, -0.2) is 0 Å². The fraction of sp³-hybridized carbons (Fsp3) is 0.0625. The number of hydrogen-bond donors (Lipinski definition) is 2. The zero-order chi connectivity index (χ0) is 17.0. The van der Waals surface area contributed by atoms with Crippen LogP contribution in [0.15, 0.2) is 36.4 Å². The van der Waals surface area contributed by atoms with Gasteiger partial charge in [-0.1, -0.05) is 5.56 Å². The van der Waals surface area contributed by atoms with Crippen LogP contribution in [0.3, 0.4) is 0 Å². The molecule has 3 N–H and O–H groups in total. The third-order valence-electron chi connectivity index (χ3n) is 3.12. The number of nitrogens with two attached hydrogens (primary N) is 1. The molecule has 2 aromatic carbocycles. The smallest absolute Gasteiger partial charge is 0.270 e. The summed E-state index contributed by atoms with van der Waals surface area (Å²) in [6, 6.07) is 11.2. The fourth-order valence-electron chi connectivity index (χ4n) is 1.95. The first-order chi connectivity index (χ1) is 10.9. The van der Waals surface area contributed by atoms with Crippen molar-refractivity contribution in [2.24, 2.45) is 5.73 Å². The minimum Gasteiger partial charge on any atom is -0.366 e. The van der Waals surface area contributed by atoms with Crippen LogP contribution < -0.4 is 11.1 Å². The molecule has 0 aromatic heterocycles. The third kappa shape index (κ3) is 4.69. The van der Waals surface area contributed by atoms with E-state index in [-0.39, 0.29) is 49.6 Å². The number of nitro benzene ring substituents is 1. The summed E-state index contributed by atoms with van der Waals surface area (Å²) in [7, 11) is 0. The number of nitrogens with zero attached hydrogens (tertiary/aromatic N) is 1. The number of primary amides is 1. The Labute approximate surface area is 163 Å². The average Bonchev–Trinajstić information content (AvgIpc) is 2.54. The van der Waals surface area contributed by atoms with Gasteiger partial charge in [0.05, 0.1) is 16.2 Å². The van der Waals surface area contributed by atoms with E-state index in [0.29, 0.717) is 12.0 Å². The van der Waals surface area contributed by atoms with E-state index in [0.717, 1.165) is 11.6 Å². The topological polar surface area (TPSA) is 115 Å². The SMILES string of the molecule is [CH2-]Cc1[c-]ccc(C(=O)Nc2ccc([N+](=O)[O-])cc2C(N)=O)c1.[Y]. The number of carbonyl (C=O) groups is 2. The summed E-state index contributed by atoms with van der Waals surface area (Å²) in [5.74, 6) is -1.34. The number of nitro groups is 1. The van der Waals surface area contributed by atoms with E-state index in [2.05, 4.69) is 18.3 Å². The summed E-state index contributed by atoms with van der Waals surface area (Å²) in [5.41, 5.74) is 6.03. The molecule has 0 heterocycles. The summed E-state index contributed by atoms with van der Waals surface area (Å²) in [4.78, 5) is 33.8. The second-order valence-corrected chi connectivity index (χ2v) is 4.66. The van der Waals surface area contributed by atoms with Crippen LogP contribution in [0.4, 0.5) is 11.4 Å². The molecule has 2 amide bonds. The molecule has 7 nitrogen and oxygen atoms in total. The Morgan fingerprint density at radius 1 is 1.29 bits per heavy atom. The molecular formula is C16H13N3O4Y-2. The van der Waals surface area contributed by atoms with Gasteiger partial charge in [0.1, 0.15) is 0 Å². The third-order valence-corrected chi connectivity index (χ3v) is 3.12. The van der Waals surface area contributed by atoms with E-state index in [1.165, 1.54) is 12.1 Å². The first-order valence-corrected chi connectivity index (χ1v) is 6.62. The number of carbonyl (C=O) groups excluding carboxylic acids is 2. The average molecular weight is 400 g/mol. The Hall–Kier alpha value is -2.12. The summed E-state index contributed by atoms with van der Waals surface area (Å²) in [5, 5.41) is 13.3. The van der Waals surface area contributed by atoms with Crippen LogP contribution in [0.25, 0.3) is 0 Å². The first kappa shape index (κ1) is 19.9. The molecule has 121 valence electrons. The van der Waals surface area contributed by atoms with Gasteiger partial charge in [-0.2, -0.15) is 36.2 Å². The zero-order valence-corrected chi connectivity index (χ0v) is 15.5. The van der Waals surface area contributed by atoms with E-state index >= 15 is 0 Å². The zero-order valence-electron chi connectivity index (χ0n) is 12.6. The minimum atomic E-state index is -0.871. The summed E-state index contributed by atoms with van der Waals surface area (Å²) in [6.45, 7) is 3.72. The van der Waals surface area contributed by atoms with Crippen molar-refractivity contribution in [2.75, 3.05) is 5.32 Å². The molecule has 24 heavy (non-hydrogen) atoms. The van der Waals surface area contributed by atoms with Crippen LogP contribution in [0, 0.1) is 23.1 Å². The van der Waals surface area contributed by atoms with Crippen LogP contribution in [0.5, 0.6) is 0 Å². The van der Waals surface area contributed by atoms with Gasteiger partial charge in [0.15, 0.2) is 0 Å². The second-order valence-electron chi connectivity index (χ2n) is 4.66. The Morgan fingerprint density at radius 3 is 2.58 bits per heavy atom. The maximum absolute atomic E-state index is 12.2. The van der Waals surface area contributed by atoms with Crippen LogP contribution in [-0.4, -0.2) is 16.7 Å². The van der Waals surface area contributed by atoms with Crippen molar-refractivity contribution in [3.8, 4) is 0 Å². The number of benzene rings is 2. The van der Waals surface area contributed by atoms with Gasteiger partial charge in [-0.15, -0.1) is 0 Å². The molecule has 0 fully saturated rings. The van der Waals surface area contributed by atoms with Gasteiger partial charge >= 0.3 is 0 Å². The minimum absolute atomic E-state index is 0. The van der Waals surface area contributed by atoms with E-state index in [1.807, 2.05) is 0 Å². The first-order valence-electron chi connectivity index (χ1n) is 6.62. The van der Waals surface area contributed by atoms with Crippen molar-refractivity contribution in [3.05, 3.63) is 76.2 Å². The standard InChI is InChI=1S/C16H13N3O4.Y/c1-2-10-4-3-5-11(8-10)16(21)18-14-7-6-12(19(22)23)9-13(14)15(17)20;/h3,5-9H,1-2H2,(H2,17,20)(H,18,21);/q-2;. The molecule has 0 aliphatic rings.